The average molecular weight is 369 g/mol. The van der Waals surface area contributed by atoms with E-state index < -0.39 is 7.12 Å². The Kier molecular flexibility index (Phi) is 3.94. The quantitative estimate of drug-likeness (QED) is 0.404. The van der Waals surface area contributed by atoms with Gasteiger partial charge in [0.2, 0.25) is 0 Å². The van der Waals surface area contributed by atoms with Crippen LogP contribution < -0.4 is 10.8 Å². The topological polar surface area (TPSA) is 52.5 Å². The number of hydrogen-bond donors (Lipinski definition) is 3. The molecule has 0 aliphatic carbocycles. The smallest absolute Gasteiger partial charge is 0.423 e. The summed E-state index contributed by atoms with van der Waals surface area (Å²) in [6.45, 7) is 0. The Labute approximate surface area is 161 Å². The molecule has 5 heteroatoms. The summed E-state index contributed by atoms with van der Waals surface area (Å²) in [5, 5.41) is 24.9. The van der Waals surface area contributed by atoms with Gasteiger partial charge in [0.15, 0.2) is 0 Å². The molecule has 0 saturated carbocycles. The zero-order valence-electron chi connectivity index (χ0n) is 14.4. The molecule has 1 heterocycles. The Hall–Kier alpha value is -2.73. The fourth-order valence-electron chi connectivity index (χ4n) is 3.66. The third-order valence-electron chi connectivity index (χ3n) is 4.92. The molecule has 4 aromatic carbocycles. The summed E-state index contributed by atoms with van der Waals surface area (Å²) in [5.74, 6) is 0. The van der Waals surface area contributed by atoms with E-state index in [0.29, 0.717) is 5.46 Å². The Morgan fingerprint density at radius 1 is 0.667 bits per heavy atom. The molecule has 0 unspecified atom stereocenters. The van der Waals surface area contributed by atoms with E-state index in [2.05, 4.69) is 41.7 Å². The van der Waals surface area contributed by atoms with Crippen molar-refractivity contribution in [1.29, 1.82) is 0 Å². The zero-order valence-corrected chi connectivity index (χ0v) is 15.2. The molecule has 0 fully saturated rings. The van der Waals surface area contributed by atoms with Crippen molar-refractivity contribution in [2.24, 2.45) is 0 Å². The van der Waals surface area contributed by atoms with Crippen molar-refractivity contribution in [1.82, 2.24) is 0 Å². The van der Waals surface area contributed by atoms with Crippen molar-refractivity contribution in [3.8, 4) is 11.1 Å². The SMILES string of the molecule is OB(O)c1ccc(-c2cccc3c2Nc2ccccc2S3)c2ccccc12. The molecule has 4 aromatic rings. The number of hydrogen-bond acceptors (Lipinski definition) is 4. The van der Waals surface area contributed by atoms with Crippen molar-refractivity contribution in [2.75, 3.05) is 5.32 Å². The first-order chi connectivity index (χ1) is 13.2. The summed E-state index contributed by atoms with van der Waals surface area (Å²) in [6, 6.07) is 26.2. The fraction of sp³-hybridized carbons (Fsp3) is 0. The van der Waals surface area contributed by atoms with Gasteiger partial charge in [-0.3, -0.25) is 0 Å². The minimum atomic E-state index is -1.49. The second-order valence-corrected chi connectivity index (χ2v) is 7.61. The molecule has 3 nitrogen and oxygen atoms in total. The summed E-state index contributed by atoms with van der Waals surface area (Å²) in [7, 11) is -1.49. The van der Waals surface area contributed by atoms with Crippen LogP contribution in [0.5, 0.6) is 0 Å². The van der Waals surface area contributed by atoms with E-state index in [4.69, 9.17) is 0 Å². The number of nitrogens with one attached hydrogen (secondary N) is 1. The molecule has 3 N–H and O–H groups in total. The Morgan fingerprint density at radius 2 is 1.41 bits per heavy atom. The third-order valence-corrected chi connectivity index (χ3v) is 6.06. The number of fused-ring (bicyclic) bond motifs is 3. The molecule has 0 amide bonds. The summed E-state index contributed by atoms with van der Waals surface area (Å²) in [6.07, 6.45) is 0. The first-order valence-electron chi connectivity index (χ1n) is 8.77. The van der Waals surface area contributed by atoms with Crippen LogP contribution in [0.15, 0.2) is 88.7 Å². The van der Waals surface area contributed by atoms with E-state index in [0.717, 1.165) is 33.3 Å². The van der Waals surface area contributed by atoms with Crippen LogP contribution in [0.4, 0.5) is 11.4 Å². The monoisotopic (exact) mass is 369 g/mol. The van der Waals surface area contributed by atoms with E-state index >= 15 is 0 Å². The third kappa shape index (κ3) is 2.72. The van der Waals surface area contributed by atoms with Crippen molar-refractivity contribution in [3.63, 3.8) is 0 Å². The van der Waals surface area contributed by atoms with E-state index in [9.17, 15) is 10.0 Å². The van der Waals surface area contributed by atoms with Gasteiger partial charge in [-0.1, -0.05) is 72.4 Å². The maximum atomic E-state index is 9.72. The molecule has 0 spiro atoms. The Bertz CT molecular complexity index is 1180. The Morgan fingerprint density at radius 3 is 2.26 bits per heavy atom. The first kappa shape index (κ1) is 16.4. The lowest BCUT2D eigenvalue weighted by molar-refractivity contribution is 0.426. The molecule has 0 atom stereocenters. The van der Waals surface area contributed by atoms with E-state index in [-0.39, 0.29) is 0 Å². The molecule has 0 saturated heterocycles. The molecule has 0 aromatic heterocycles. The number of benzene rings is 4. The second kappa shape index (κ2) is 6.46. The van der Waals surface area contributed by atoms with Crippen LogP contribution in [0.1, 0.15) is 0 Å². The maximum Gasteiger partial charge on any atom is 0.489 e. The van der Waals surface area contributed by atoms with Crippen LogP contribution in [-0.2, 0) is 0 Å². The van der Waals surface area contributed by atoms with Crippen molar-refractivity contribution < 1.29 is 10.0 Å². The van der Waals surface area contributed by atoms with Gasteiger partial charge < -0.3 is 15.4 Å². The van der Waals surface area contributed by atoms with E-state index in [1.807, 2.05) is 36.4 Å². The highest BCUT2D eigenvalue weighted by Crippen LogP contribution is 2.48. The van der Waals surface area contributed by atoms with Crippen LogP contribution in [0.25, 0.3) is 21.9 Å². The second-order valence-electron chi connectivity index (χ2n) is 6.52. The van der Waals surface area contributed by atoms with Gasteiger partial charge >= 0.3 is 7.12 Å². The summed E-state index contributed by atoms with van der Waals surface area (Å²) < 4.78 is 0. The molecular weight excluding hydrogens is 353 g/mol. The molecule has 0 bridgehead atoms. The van der Waals surface area contributed by atoms with Gasteiger partial charge in [-0.15, -0.1) is 0 Å². The minimum absolute atomic E-state index is 0.520. The summed E-state index contributed by atoms with van der Waals surface area (Å²) >= 11 is 1.76. The lowest BCUT2D eigenvalue weighted by atomic mass is 9.76. The number of para-hydroxylation sites is 2. The van der Waals surface area contributed by atoms with Gasteiger partial charge in [-0.05, 0) is 40.0 Å². The highest BCUT2D eigenvalue weighted by molar-refractivity contribution is 7.99. The number of anilines is 2. The van der Waals surface area contributed by atoms with Crippen molar-refractivity contribution in [2.45, 2.75) is 9.79 Å². The Balaban J connectivity index is 1.73. The summed E-state index contributed by atoms with van der Waals surface area (Å²) in [4.78, 5) is 2.40. The van der Waals surface area contributed by atoms with Crippen LogP contribution in [0.2, 0.25) is 0 Å². The highest BCUT2D eigenvalue weighted by atomic mass is 32.2. The van der Waals surface area contributed by atoms with Crippen LogP contribution in [-0.4, -0.2) is 17.2 Å². The zero-order chi connectivity index (χ0) is 18.4. The molecule has 0 radical (unpaired) electrons. The summed E-state index contributed by atoms with van der Waals surface area (Å²) in [5.41, 5.74) is 4.88. The van der Waals surface area contributed by atoms with Crippen LogP contribution in [0, 0.1) is 0 Å². The lowest BCUT2D eigenvalue weighted by Gasteiger charge is -2.24. The molecular formula is C22H16BNO2S. The van der Waals surface area contributed by atoms with Gasteiger partial charge in [0.05, 0.1) is 11.4 Å². The van der Waals surface area contributed by atoms with E-state index in [1.165, 1.54) is 9.79 Å². The first-order valence-corrected chi connectivity index (χ1v) is 9.59. The fourth-order valence-corrected chi connectivity index (χ4v) is 4.69. The molecule has 1 aliphatic rings. The largest absolute Gasteiger partial charge is 0.489 e. The highest BCUT2D eigenvalue weighted by Gasteiger charge is 2.21. The standard InChI is InChI=1S/C22H16BNO2S/c25-23(26)18-13-12-15(14-6-1-2-7-16(14)18)17-8-5-11-21-22(17)24-19-9-3-4-10-20(19)27-21/h1-13,24-26H. The van der Waals surface area contributed by atoms with Gasteiger partial charge in [-0.2, -0.15) is 0 Å². The predicted octanol–water partition coefficient (Wildman–Crippen LogP) is 4.39. The van der Waals surface area contributed by atoms with Crippen LogP contribution >= 0.6 is 11.8 Å². The average Bonchev–Trinajstić information content (AvgIpc) is 2.71. The minimum Gasteiger partial charge on any atom is -0.423 e. The predicted molar refractivity (Wildman–Crippen MR) is 113 cm³/mol. The number of rotatable bonds is 2. The van der Waals surface area contributed by atoms with Gasteiger partial charge in [0.1, 0.15) is 0 Å². The van der Waals surface area contributed by atoms with Crippen molar-refractivity contribution in [3.05, 3.63) is 78.9 Å². The van der Waals surface area contributed by atoms with Gasteiger partial charge in [-0.25, -0.2) is 0 Å². The van der Waals surface area contributed by atoms with Crippen molar-refractivity contribution >= 4 is 46.5 Å². The lowest BCUT2D eigenvalue weighted by Crippen LogP contribution is -2.30. The van der Waals surface area contributed by atoms with Gasteiger partial charge in [0.25, 0.3) is 0 Å². The van der Waals surface area contributed by atoms with E-state index in [1.54, 1.807) is 17.8 Å². The normalized spacial score (nSPS) is 12.2. The maximum absolute atomic E-state index is 9.72. The van der Waals surface area contributed by atoms with Crippen LogP contribution in [0.3, 0.4) is 0 Å². The molecule has 5 rings (SSSR count). The van der Waals surface area contributed by atoms with Gasteiger partial charge in [0, 0.05) is 15.4 Å². The molecule has 130 valence electrons. The molecule has 1 aliphatic heterocycles. The molecule has 27 heavy (non-hydrogen) atoms.